The molecule has 0 aliphatic carbocycles. The quantitative estimate of drug-likeness (QED) is 0.241. The number of allylic oxidation sites excluding steroid dienone is 2. The number of pyridine rings is 1. The Morgan fingerprint density at radius 1 is 1.06 bits per heavy atom. The van der Waals surface area contributed by atoms with Crippen LogP contribution in [0.5, 0.6) is 0 Å². The number of rotatable bonds is 9. The van der Waals surface area contributed by atoms with Gasteiger partial charge >= 0.3 is 6.18 Å². The van der Waals surface area contributed by atoms with Gasteiger partial charge < -0.3 is 16.4 Å². The summed E-state index contributed by atoms with van der Waals surface area (Å²) in [5.41, 5.74) is 8.00. The molecule has 34 heavy (non-hydrogen) atoms. The molecule has 2 aromatic carbocycles. The lowest BCUT2D eigenvalue weighted by atomic mass is 10.1. The number of alkyl halides is 3. The molecule has 0 fully saturated rings. The topological polar surface area (TPSA) is 63.0 Å². The molecule has 1 heterocycles. The number of nitrogens with two attached hydrogens (primary N) is 1. The van der Waals surface area contributed by atoms with E-state index in [2.05, 4.69) is 22.2 Å². The Kier molecular flexibility index (Phi) is 8.21. The molecule has 1 aromatic heterocycles. The first-order chi connectivity index (χ1) is 16.3. The molecule has 4 N–H and O–H groups in total. The summed E-state index contributed by atoms with van der Waals surface area (Å²) in [6.45, 7) is 4.15. The molecule has 3 aromatic rings. The molecule has 8 heteroatoms. The van der Waals surface area contributed by atoms with Crippen LogP contribution in [0.25, 0.3) is 11.3 Å². The molecule has 0 saturated heterocycles. The maximum atomic E-state index is 14.5. The fraction of sp³-hybridized carbons (Fsp3) is 0.115. The van der Waals surface area contributed by atoms with Crippen LogP contribution in [-0.2, 0) is 6.18 Å². The average Bonchev–Trinajstić information content (AvgIpc) is 2.80. The molecule has 4 nitrogen and oxygen atoms in total. The third-order valence-corrected chi connectivity index (χ3v) is 4.76. The van der Waals surface area contributed by atoms with Gasteiger partial charge in [0.1, 0.15) is 5.82 Å². The second-order valence-electron chi connectivity index (χ2n) is 7.39. The van der Waals surface area contributed by atoms with Crippen molar-refractivity contribution in [1.29, 1.82) is 0 Å². The fourth-order valence-electron chi connectivity index (χ4n) is 3.15. The Morgan fingerprint density at radius 2 is 1.88 bits per heavy atom. The van der Waals surface area contributed by atoms with E-state index in [-0.39, 0.29) is 12.2 Å². The minimum absolute atomic E-state index is 0.199. The van der Waals surface area contributed by atoms with Gasteiger partial charge in [-0.3, -0.25) is 4.98 Å². The summed E-state index contributed by atoms with van der Waals surface area (Å²) in [7, 11) is 0. The van der Waals surface area contributed by atoms with Gasteiger partial charge in [-0.1, -0.05) is 30.9 Å². The number of nitrogens with one attached hydrogen (secondary N) is 2. The summed E-state index contributed by atoms with van der Waals surface area (Å²) in [6, 6.07) is 15.1. The first-order valence-electron chi connectivity index (χ1n) is 10.4. The van der Waals surface area contributed by atoms with Crippen LogP contribution < -0.4 is 16.4 Å². The van der Waals surface area contributed by atoms with Crippen molar-refractivity contribution in [2.24, 2.45) is 5.73 Å². The zero-order chi connectivity index (χ0) is 24.6. The fourth-order valence-corrected chi connectivity index (χ4v) is 3.15. The predicted molar refractivity (Wildman–Crippen MR) is 128 cm³/mol. The van der Waals surface area contributed by atoms with Crippen molar-refractivity contribution in [2.75, 3.05) is 17.2 Å². The van der Waals surface area contributed by atoms with E-state index in [0.717, 1.165) is 12.1 Å². The summed E-state index contributed by atoms with van der Waals surface area (Å²) >= 11 is 0. The maximum absolute atomic E-state index is 14.5. The van der Waals surface area contributed by atoms with Crippen LogP contribution >= 0.6 is 0 Å². The first kappa shape index (κ1) is 24.7. The number of benzene rings is 2. The zero-order valence-corrected chi connectivity index (χ0v) is 18.2. The number of hydrogen-bond donors (Lipinski definition) is 3. The first-order valence-corrected chi connectivity index (χ1v) is 10.4. The smallest absolute Gasteiger partial charge is 0.359 e. The van der Waals surface area contributed by atoms with Crippen LogP contribution in [0.1, 0.15) is 12.0 Å². The van der Waals surface area contributed by atoms with Crippen molar-refractivity contribution in [2.45, 2.75) is 12.6 Å². The van der Waals surface area contributed by atoms with Gasteiger partial charge in [-0.05, 0) is 54.1 Å². The largest absolute Gasteiger partial charge is 0.416 e. The molecule has 0 aliphatic heterocycles. The molecular weight excluding hydrogens is 444 g/mol. The predicted octanol–water partition coefficient (Wildman–Crippen LogP) is 6.73. The average molecular weight is 468 g/mol. The molecule has 0 bridgehead atoms. The molecule has 0 aliphatic rings. The summed E-state index contributed by atoms with van der Waals surface area (Å²) in [6.07, 6.45) is 2.40. The third kappa shape index (κ3) is 7.05. The van der Waals surface area contributed by atoms with E-state index < -0.39 is 17.6 Å². The lowest BCUT2D eigenvalue weighted by Gasteiger charge is -2.14. The van der Waals surface area contributed by atoms with Gasteiger partial charge in [0.25, 0.3) is 0 Å². The van der Waals surface area contributed by atoms with Crippen LogP contribution in [0.4, 0.5) is 28.9 Å². The monoisotopic (exact) mass is 468 g/mol. The lowest BCUT2D eigenvalue weighted by Crippen LogP contribution is -2.08. The summed E-state index contributed by atoms with van der Waals surface area (Å²) in [4.78, 5) is 4.21. The van der Waals surface area contributed by atoms with Crippen LogP contribution in [0.3, 0.4) is 0 Å². The highest BCUT2D eigenvalue weighted by molar-refractivity contribution is 5.63. The van der Waals surface area contributed by atoms with Crippen LogP contribution in [0.15, 0.2) is 103 Å². The summed E-state index contributed by atoms with van der Waals surface area (Å²) in [5, 5.41) is 5.84. The molecule has 0 spiro atoms. The molecule has 0 radical (unpaired) electrons. The highest BCUT2D eigenvalue weighted by Gasteiger charge is 2.30. The Labute approximate surface area is 195 Å². The standard InChI is InChI=1S/C26H24F4N4/c1-18(15-22(10-12-31)34-21-6-4-5-20(17-21)26(28,29)30)11-14-33-25-9-8-19(16-23(25)27)24-7-2-3-13-32-24/h2-11,13-14,16-17,33-34H,1,12,15,31H2/b14-11-,22-10-. The Morgan fingerprint density at radius 3 is 2.56 bits per heavy atom. The molecule has 0 unspecified atom stereocenters. The van der Waals surface area contributed by atoms with E-state index in [4.69, 9.17) is 5.73 Å². The van der Waals surface area contributed by atoms with Crippen molar-refractivity contribution in [1.82, 2.24) is 4.98 Å². The van der Waals surface area contributed by atoms with Crippen molar-refractivity contribution in [3.8, 4) is 11.3 Å². The second-order valence-corrected chi connectivity index (χ2v) is 7.39. The molecule has 3 rings (SSSR count). The van der Waals surface area contributed by atoms with Crippen LogP contribution in [0.2, 0.25) is 0 Å². The SMILES string of the molecule is C=C(/C=C\Nc1ccc(-c2ccccn2)cc1F)C/C(=C/CN)Nc1cccc(C(F)(F)F)c1. The van der Waals surface area contributed by atoms with Gasteiger partial charge in [-0.25, -0.2) is 4.39 Å². The summed E-state index contributed by atoms with van der Waals surface area (Å²) < 4.78 is 53.3. The number of anilines is 2. The van der Waals surface area contributed by atoms with Crippen molar-refractivity contribution in [3.63, 3.8) is 0 Å². The Bertz CT molecular complexity index is 1180. The van der Waals surface area contributed by atoms with E-state index in [1.165, 1.54) is 18.2 Å². The third-order valence-electron chi connectivity index (χ3n) is 4.76. The van der Waals surface area contributed by atoms with E-state index in [1.54, 1.807) is 48.8 Å². The maximum Gasteiger partial charge on any atom is 0.416 e. The molecule has 0 atom stereocenters. The van der Waals surface area contributed by atoms with Gasteiger partial charge in [0.05, 0.1) is 16.9 Å². The van der Waals surface area contributed by atoms with E-state index in [9.17, 15) is 17.6 Å². The van der Waals surface area contributed by atoms with Gasteiger partial charge in [0.15, 0.2) is 0 Å². The Hall–Kier alpha value is -3.91. The van der Waals surface area contributed by atoms with E-state index in [1.807, 2.05) is 6.07 Å². The highest BCUT2D eigenvalue weighted by atomic mass is 19.4. The number of halogens is 4. The number of aromatic nitrogens is 1. The van der Waals surface area contributed by atoms with E-state index in [0.29, 0.717) is 34.6 Å². The van der Waals surface area contributed by atoms with Crippen molar-refractivity contribution in [3.05, 3.63) is 114 Å². The second kappa shape index (κ2) is 11.3. The molecule has 176 valence electrons. The minimum atomic E-state index is -4.43. The lowest BCUT2D eigenvalue weighted by molar-refractivity contribution is -0.137. The van der Waals surface area contributed by atoms with Crippen LogP contribution in [0, 0.1) is 5.82 Å². The zero-order valence-electron chi connectivity index (χ0n) is 18.2. The van der Waals surface area contributed by atoms with Crippen LogP contribution in [-0.4, -0.2) is 11.5 Å². The summed E-state index contributed by atoms with van der Waals surface area (Å²) in [5.74, 6) is -0.437. The van der Waals surface area contributed by atoms with Gasteiger partial charge in [-0.2, -0.15) is 13.2 Å². The van der Waals surface area contributed by atoms with Crippen molar-refractivity contribution < 1.29 is 17.6 Å². The molecule has 0 amide bonds. The van der Waals surface area contributed by atoms with E-state index >= 15 is 0 Å². The van der Waals surface area contributed by atoms with Gasteiger partial charge in [0.2, 0.25) is 0 Å². The molecular formula is C26H24F4N4. The van der Waals surface area contributed by atoms with Gasteiger partial charge in [-0.15, -0.1) is 0 Å². The van der Waals surface area contributed by atoms with Crippen molar-refractivity contribution >= 4 is 11.4 Å². The minimum Gasteiger partial charge on any atom is -0.359 e. The van der Waals surface area contributed by atoms with Gasteiger partial charge in [0, 0.05) is 42.3 Å². The Balaban J connectivity index is 1.61. The number of hydrogen-bond acceptors (Lipinski definition) is 4. The highest BCUT2D eigenvalue weighted by Crippen LogP contribution is 2.31. The normalized spacial score (nSPS) is 12.1. The number of nitrogens with zero attached hydrogens (tertiary/aromatic N) is 1. The molecule has 0 saturated carbocycles.